The number of ether oxygens (including phenoxy) is 1. The standard InChI is InChI=1S/C11H22N2O/c1-3-6-13(7-8-14-2)10-11(9-12)4-5-11/h3H,1,4-10,12H2,2H3. The normalized spacial score (nSPS) is 18.5. The van der Waals surface area contributed by atoms with Crippen molar-refractivity contribution in [3.05, 3.63) is 12.7 Å². The van der Waals surface area contributed by atoms with Crippen LogP contribution in [0.3, 0.4) is 0 Å². The number of methoxy groups -OCH3 is 1. The molecule has 0 unspecified atom stereocenters. The summed E-state index contributed by atoms with van der Waals surface area (Å²) < 4.78 is 5.08. The van der Waals surface area contributed by atoms with Crippen molar-refractivity contribution in [1.29, 1.82) is 0 Å². The Balaban J connectivity index is 2.30. The Morgan fingerprint density at radius 2 is 2.29 bits per heavy atom. The SMILES string of the molecule is C=CCN(CCOC)CC1(CN)CC1. The second kappa shape index (κ2) is 5.49. The minimum Gasteiger partial charge on any atom is -0.383 e. The van der Waals surface area contributed by atoms with Gasteiger partial charge in [0.15, 0.2) is 0 Å². The van der Waals surface area contributed by atoms with Crippen LogP contribution < -0.4 is 5.73 Å². The third-order valence-corrected chi connectivity index (χ3v) is 2.95. The highest BCUT2D eigenvalue weighted by molar-refractivity contribution is 4.97. The van der Waals surface area contributed by atoms with Crippen LogP contribution in [-0.2, 0) is 4.74 Å². The monoisotopic (exact) mass is 198 g/mol. The molecule has 1 saturated carbocycles. The van der Waals surface area contributed by atoms with E-state index >= 15 is 0 Å². The summed E-state index contributed by atoms with van der Waals surface area (Å²) in [5.41, 5.74) is 6.17. The minimum atomic E-state index is 0.413. The van der Waals surface area contributed by atoms with Crippen LogP contribution in [-0.4, -0.2) is 44.8 Å². The molecule has 3 nitrogen and oxygen atoms in total. The lowest BCUT2D eigenvalue weighted by molar-refractivity contribution is 0.141. The Morgan fingerprint density at radius 3 is 2.71 bits per heavy atom. The summed E-state index contributed by atoms with van der Waals surface area (Å²) in [4.78, 5) is 2.37. The van der Waals surface area contributed by atoms with Crippen LogP contribution in [0.1, 0.15) is 12.8 Å². The van der Waals surface area contributed by atoms with Crippen molar-refractivity contribution in [1.82, 2.24) is 4.90 Å². The highest BCUT2D eigenvalue weighted by atomic mass is 16.5. The van der Waals surface area contributed by atoms with E-state index in [2.05, 4.69) is 11.5 Å². The zero-order valence-electron chi connectivity index (χ0n) is 9.17. The highest BCUT2D eigenvalue weighted by Gasteiger charge is 2.42. The minimum absolute atomic E-state index is 0.413. The smallest absolute Gasteiger partial charge is 0.0589 e. The lowest BCUT2D eigenvalue weighted by atomic mass is 10.1. The molecule has 0 atom stereocenters. The van der Waals surface area contributed by atoms with E-state index in [1.165, 1.54) is 12.8 Å². The molecular weight excluding hydrogens is 176 g/mol. The van der Waals surface area contributed by atoms with Gasteiger partial charge in [0, 0.05) is 26.7 Å². The predicted molar refractivity (Wildman–Crippen MR) is 59.2 cm³/mol. The van der Waals surface area contributed by atoms with E-state index in [4.69, 9.17) is 10.5 Å². The lowest BCUT2D eigenvalue weighted by Gasteiger charge is -2.25. The molecule has 1 rings (SSSR count). The summed E-state index contributed by atoms with van der Waals surface area (Å²) in [7, 11) is 1.74. The number of nitrogens with zero attached hydrogens (tertiary/aromatic N) is 1. The summed E-state index contributed by atoms with van der Waals surface area (Å²) in [5.74, 6) is 0. The van der Waals surface area contributed by atoms with Gasteiger partial charge in [0.2, 0.25) is 0 Å². The number of hydrogen-bond acceptors (Lipinski definition) is 3. The van der Waals surface area contributed by atoms with Gasteiger partial charge in [-0.05, 0) is 24.8 Å². The molecule has 0 radical (unpaired) electrons. The van der Waals surface area contributed by atoms with Gasteiger partial charge in [-0.1, -0.05) is 6.08 Å². The molecular formula is C11H22N2O. The lowest BCUT2D eigenvalue weighted by Crippen LogP contribution is -2.36. The van der Waals surface area contributed by atoms with Crippen LogP contribution in [0.5, 0.6) is 0 Å². The molecule has 1 fully saturated rings. The van der Waals surface area contributed by atoms with Gasteiger partial charge in [0.05, 0.1) is 6.61 Å². The van der Waals surface area contributed by atoms with E-state index < -0.39 is 0 Å². The third kappa shape index (κ3) is 3.40. The van der Waals surface area contributed by atoms with Crippen LogP contribution in [0, 0.1) is 5.41 Å². The second-order valence-corrected chi connectivity index (χ2v) is 4.22. The maximum Gasteiger partial charge on any atom is 0.0589 e. The molecule has 0 aromatic rings. The Hall–Kier alpha value is -0.380. The van der Waals surface area contributed by atoms with Crippen LogP contribution >= 0.6 is 0 Å². The number of nitrogens with two attached hydrogens (primary N) is 1. The average Bonchev–Trinajstić information content (AvgIpc) is 2.95. The molecule has 0 heterocycles. The molecule has 0 aromatic carbocycles. The van der Waals surface area contributed by atoms with Gasteiger partial charge in [0.25, 0.3) is 0 Å². The Bertz CT molecular complexity index is 178. The van der Waals surface area contributed by atoms with Gasteiger partial charge in [-0.25, -0.2) is 0 Å². The van der Waals surface area contributed by atoms with E-state index in [1.54, 1.807) is 7.11 Å². The molecule has 0 amide bonds. The van der Waals surface area contributed by atoms with Crippen LogP contribution in [0.25, 0.3) is 0 Å². The van der Waals surface area contributed by atoms with Gasteiger partial charge >= 0.3 is 0 Å². The van der Waals surface area contributed by atoms with E-state index in [0.717, 1.165) is 32.8 Å². The maximum absolute atomic E-state index is 5.76. The predicted octanol–water partition coefficient (Wildman–Crippen LogP) is 0.860. The summed E-state index contributed by atoms with van der Waals surface area (Å²) in [5, 5.41) is 0. The van der Waals surface area contributed by atoms with Crippen LogP contribution in [0.15, 0.2) is 12.7 Å². The van der Waals surface area contributed by atoms with Crippen molar-refractivity contribution in [2.24, 2.45) is 11.1 Å². The fourth-order valence-electron chi connectivity index (χ4n) is 1.72. The van der Waals surface area contributed by atoms with E-state index in [-0.39, 0.29) is 0 Å². The van der Waals surface area contributed by atoms with Crippen LogP contribution in [0.2, 0.25) is 0 Å². The quantitative estimate of drug-likeness (QED) is 0.588. The fourth-order valence-corrected chi connectivity index (χ4v) is 1.72. The largest absolute Gasteiger partial charge is 0.383 e. The zero-order chi connectivity index (χ0) is 10.4. The molecule has 14 heavy (non-hydrogen) atoms. The highest BCUT2D eigenvalue weighted by Crippen LogP contribution is 2.44. The first-order valence-corrected chi connectivity index (χ1v) is 5.28. The summed E-state index contributed by atoms with van der Waals surface area (Å²) in [6.07, 6.45) is 4.51. The fraction of sp³-hybridized carbons (Fsp3) is 0.818. The molecule has 0 aliphatic heterocycles. The first-order chi connectivity index (χ1) is 6.76. The zero-order valence-corrected chi connectivity index (χ0v) is 9.17. The van der Waals surface area contributed by atoms with Crippen molar-refractivity contribution in [2.45, 2.75) is 12.8 Å². The van der Waals surface area contributed by atoms with Gasteiger partial charge in [-0.3, -0.25) is 4.90 Å². The van der Waals surface area contributed by atoms with E-state index in [9.17, 15) is 0 Å². The molecule has 1 aliphatic carbocycles. The Labute approximate surface area is 86.9 Å². The maximum atomic E-state index is 5.76. The van der Waals surface area contributed by atoms with Crippen molar-refractivity contribution in [3.63, 3.8) is 0 Å². The topological polar surface area (TPSA) is 38.5 Å². The van der Waals surface area contributed by atoms with Crippen molar-refractivity contribution in [3.8, 4) is 0 Å². The van der Waals surface area contributed by atoms with Crippen molar-refractivity contribution >= 4 is 0 Å². The first-order valence-electron chi connectivity index (χ1n) is 5.28. The number of hydrogen-bond donors (Lipinski definition) is 1. The third-order valence-electron chi connectivity index (χ3n) is 2.95. The Morgan fingerprint density at radius 1 is 1.57 bits per heavy atom. The average molecular weight is 198 g/mol. The van der Waals surface area contributed by atoms with Gasteiger partial charge in [-0.2, -0.15) is 0 Å². The molecule has 0 saturated heterocycles. The molecule has 2 N–H and O–H groups in total. The molecule has 0 bridgehead atoms. The van der Waals surface area contributed by atoms with E-state index in [0.29, 0.717) is 5.41 Å². The molecule has 0 aromatic heterocycles. The molecule has 3 heteroatoms. The van der Waals surface area contributed by atoms with Crippen LogP contribution in [0.4, 0.5) is 0 Å². The molecule has 0 spiro atoms. The first kappa shape index (κ1) is 11.7. The molecule has 82 valence electrons. The number of rotatable bonds is 8. The summed E-state index contributed by atoms with van der Waals surface area (Å²) in [6, 6.07) is 0. The van der Waals surface area contributed by atoms with Gasteiger partial charge < -0.3 is 10.5 Å². The Kier molecular flexibility index (Phi) is 4.58. The van der Waals surface area contributed by atoms with Crippen molar-refractivity contribution < 1.29 is 4.74 Å². The van der Waals surface area contributed by atoms with Gasteiger partial charge in [0.1, 0.15) is 0 Å². The van der Waals surface area contributed by atoms with Gasteiger partial charge in [-0.15, -0.1) is 6.58 Å². The molecule has 1 aliphatic rings. The second-order valence-electron chi connectivity index (χ2n) is 4.22. The summed E-state index contributed by atoms with van der Waals surface area (Å²) in [6.45, 7) is 8.38. The van der Waals surface area contributed by atoms with Crippen molar-refractivity contribution in [2.75, 3.05) is 39.9 Å². The van der Waals surface area contributed by atoms with E-state index in [1.807, 2.05) is 6.08 Å². The summed E-state index contributed by atoms with van der Waals surface area (Å²) >= 11 is 0.